The zero-order chi connectivity index (χ0) is 12.0. The molecule has 0 fully saturated rings. The number of pyridine rings is 1. The molecule has 0 aliphatic heterocycles. The molecule has 0 saturated carbocycles. The number of nitrogens with zero attached hydrogens (tertiary/aromatic N) is 2. The molecule has 0 bridgehead atoms. The molecule has 2 nitrogen and oxygen atoms in total. The van der Waals surface area contributed by atoms with Gasteiger partial charge >= 0.3 is 0 Å². The van der Waals surface area contributed by atoms with E-state index >= 15 is 0 Å². The lowest BCUT2D eigenvalue weighted by atomic mass is 10.2. The molecular formula is C12H18Cl2N2. The molecule has 1 heterocycles. The Morgan fingerprint density at radius 2 is 2.12 bits per heavy atom. The fraction of sp³-hybridized carbons (Fsp3) is 0.583. The predicted octanol–water partition coefficient (Wildman–Crippen LogP) is 4.10. The Bertz CT molecular complexity index is 329. The molecule has 0 N–H and O–H groups in total. The zero-order valence-corrected chi connectivity index (χ0v) is 11.4. The largest absolute Gasteiger partial charge is 0.360 e. The summed E-state index contributed by atoms with van der Waals surface area (Å²) in [6.45, 7) is 3.22. The molecule has 90 valence electrons. The third kappa shape index (κ3) is 3.84. The van der Waals surface area contributed by atoms with Crippen LogP contribution in [0.1, 0.15) is 31.7 Å². The Morgan fingerprint density at radius 1 is 1.38 bits per heavy atom. The Labute approximate surface area is 108 Å². The predicted molar refractivity (Wildman–Crippen MR) is 71.6 cm³/mol. The van der Waals surface area contributed by atoms with Gasteiger partial charge in [0.05, 0.1) is 5.02 Å². The fourth-order valence-corrected chi connectivity index (χ4v) is 1.95. The highest BCUT2D eigenvalue weighted by atomic mass is 35.5. The molecule has 0 aromatic carbocycles. The van der Waals surface area contributed by atoms with Crippen molar-refractivity contribution >= 4 is 29.0 Å². The number of halogens is 2. The van der Waals surface area contributed by atoms with Crippen LogP contribution in [0.5, 0.6) is 0 Å². The van der Waals surface area contributed by atoms with Gasteiger partial charge in [0.2, 0.25) is 0 Å². The molecule has 4 heteroatoms. The van der Waals surface area contributed by atoms with Crippen LogP contribution in [0.15, 0.2) is 12.3 Å². The van der Waals surface area contributed by atoms with Gasteiger partial charge in [0, 0.05) is 25.7 Å². The lowest BCUT2D eigenvalue weighted by Gasteiger charge is -2.18. The van der Waals surface area contributed by atoms with Gasteiger partial charge in [0.15, 0.2) is 0 Å². The van der Waals surface area contributed by atoms with Crippen molar-refractivity contribution in [2.45, 2.75) is 32.1 Å². The minimum atomic E-state index is 0.428. The second kappa shape index (κ2) is 6.97. The number of alkyl halides is 1. The van der Waals surface area contributed by atoms with E-state index in [-0.39, 0.29) is 0 Å². The van der Waals surface area contributed by atoms with Crippen molar-refractivity contribution in [3.8, 4) is 0 Å². The van der Waals surface area contributed by atoms with E-state index in [1.54, 1.807) is 6.20 Å². The van der Waals surface area contributed by atoms with Gasteiger partial charge in [-0.25, -0.2) is 4.98 Å². The second-order valence-electron chi connectivity index (χ2n) is 3.90. The molecule has 0 saturated heterocycles. The van der Waals surface area contributed by atoms with E-state index < -0.39 is 0 Å². The monoisotopic (exact) mass is 260 g/mol. The third-order valence-electron chi connectivity index (χ3n) is 2.55. The first-order valence-corrected chi connectivity index (χ1v) is 6.51. The van der Waals surface area contributed by atoms with Crippen LogP contribution < -0.4 is 4.90 Å². The average molecular weight is 261 g/mol. The summed E-state index contributed by atoms with van der Waals surface area (Å²) in [5.74, 6) is 1.37. The third-order valence-corrected chi connectivity index (χ3v) is 3.18. The molecule has 0 aliphatic rings. The highest BCUT2D eigenvalue weighted by Crippen LogP contribution is 2.21. The topological polar surface area (TPSA) is 16.1 Å². The van der Waals surface area contributed by atoms with E-state index in [9.17, 15) is 0 Å². The number of rotatable bonds is 6. The summed E-state index contributed by atoms with van der Waals surface area (Å²) < 4.78 is 0. The van der Waals surface area contributed by atoms with Crippen LogP contribution in [-0.2, 0) is 5.88 Å². The van der Waals surface area contributed by atoms with Crippen LogP contribution in [0.2, 0.25) is 5.02 Å². The van der Waals surface area contributed by atoms with Gasteiger partial charge in [0.25, 0.3) is 0 Å². The van der Waals surface area contributed by atoms with E-state index in [0.717, 1.165) is 17.9 Å². The normalized spacial score (nSPS) is 10.5. The SMILES string of the molecule is CCCCCN(C)c1cc(CCl)c(Cl)cn1. The van der Waals surface area contributed by atoms with Crippen molar-refractivity contribution in [3.63, 3.8) is 0 Å². The quantitative estimate of drug-likeness (QED) is 0.566. The molecular weight excluding hydrogens is 243 g/mol. The van der Waals surface area contributed by atoms with Gasteiger partial charge in [-0.05, 0) is 18.1 Å². The van der Waals surface area contributed by atoms with Gasteiger partial charge in [-0.1, -0.05) is 31.4 Å². The van der Waals surface area contributed by atoms with Crippen LogP contribution in [0, 0.1) is 0 Å². The zero-order valence-electron chi connectivity index (χ0n) is 9.84. The molecule has 1 aromatic rings. The molecule has 0 unspecified atom stereocenters. The molecule has 0 atom stereocenters. The first-order chi connectivity index (χ1) is 7.69. The lowest BCUT2D eigenvalue weighted by molar-refractivity contribution is 0.701. The van der Waals surface area contributed by atoms with Crippen LogP contribution in [-0.4, -0.2) is 18.6 Å². The first-order valence-electron chi connectivity index (χ1n) is 5.60. The average Bonchev–Trinajstić information content (AvgIpc) is 2.30. The van der Waals surface area contributed by atoms with Crippen molar-refractivity contribution < 1.29 is 0 Å². The van der Waals surface area contributed by atoms with Gasteiger partial charge in [-0.15, -0.1) is 11.6 Å². The highest BCUT2D eigenvalue weighted by Gasteiger charge is 2.06. The van der Waals surface area contributed by atoms with E-state index in [2.05, 4.69) is 16.8 Å². The highest BCUT2D eigenvalue weighted by molar-refractivity contribution is 6.32. The Balaban J connectivity index is 2.64. The maximum absolute atomic E-state index is 5.96. The second-order valence-corrected chi connectivity index (χ2v) is 4.57. The van der Waals surface area contributed by atoms with Crippen LogP contribution >= 0.6 is 23.2 Å². The molecule has 0 aliphatic carbocycles. The summed E-state index contributed by atoms with van der Waals surface area (Å²) >= 11 is 11.8. The summed E-state index contributed by atoms with van der Waals surface area (Å²) in [5, 5.41) is 0.640. The summed E-state index contributed by atoms with van der Waals surface area (Å²) in [6, 6.07) is 1.96. The maximum Gasteiger partial charge on any atom is 0.128 e. The van der Waals surface area contributed by atoms with Crippen molar-refractivity contribution in [2.75, 3.05) is 18.5 Å². The van der Waals surface area contributed by atoms with Gasteiger partial charge in [-0.3, -0.25) is 0 Å². The van der Waals surface area contributed by atoms with E-state index in [0.29, 0.717) is 10.9 Å². The molecule has 16 heavy (non-hydrogen) atoms. The van der Waals surface area contributed by atoms with E-state index in [1.807, 2.05) is 13.1 Å². The Hall–Kier alpha value is -0.470. The molecule has 1 rings (SSSR count). The standard InChI is InChI=1S/C12H18Cl2N2/c1-3-4-5-6-16(2)12-7-10(8-13)11(14)9-15-12/h7,9H,3-6,8H2,1-2H3. The van der Waals surface area contributed by atoms with Crippen LogP contribution in [0.3, 0.4) is 0 Å². The summed E-state index contributed by atoms with van der Waals surface area (Å²) in [4.78, 5) is 6.44. The van der Waals surface area contributed by atoms with E-state index in [1.165, 1.54) is 19.3 Å². The minimum absolute atomic E-state index is 0.428. The molecule has 1 aromatic heterocycles. The van der Waals surface area contributed by atoms with Crippen molar-refractivity contribution in [3.05, 3.63) is 22.8 Å². The summed E-state index contributed by atoms with van der Waals surface area (Å²) in [5.41, 5.74) is 0.940. The van der Waals surface area contributed by atoms with Gasteiger partial charge in [-0.2, -0.15) is 0 Å². The van der Waals surface area contributed by atoms with Crippen LogP contribution in [0.4, 0.5) is 5.82 Å². The first kappa shape index (κ1) is 13.6. The number of hydrogen-bond acceptors (Lipinski definition) is 2. The van der Waals surface area contributed by atoms with Crippen LogP contribution in [0.25, 0.3) is 0 Å². The number of anilines is 1. The Morgan fingerprint density at radius 3 is 2.75 bits per heavy atom. The number of aromatic nitrogens is 1. The van der Waals surface area contributed by atoms with Gasteiger partial charge < -0.3 is 4.90 Å². The number of hydrogen-bond donors (Lipinski definition) is 0. The van der Waals surface area contributed by atoms with Crippen molar-refractivity contribution in [1.29, 1.82) is 0 Å². The minimum Gasteiger partial charge on any atom is -0.360 e. The van der Waals surface area contributed by atoms with E-state index in [4.69, 9.17) is 23.2 Å². The van der Waals surface area contributed by atoms with Crippen molar-refractivity contribution in [2.24, 2.45) is 0 Å². The molecule has 0 radical (unpaired) electrons. The molecule has 0 spiro atoms. The fourth-order valence-electron chi connectivity index (χ4n) is 1.49. The lowest BCUT2D eigenvalue weighted by Crippen LogP contribution is -2.19. The molecule has 0 amide bonds. The van der Waals surface area contributed by atoms with Gasteiger partial charge in [0.1, 0.15) is 5.82 Å². The summed E-state index contributed by atoms with van der Waals surface area (Å²) in [7, 11) is 2.05. The maximum atomic E-state index is 5.96. The Kier molecular flexibility index (Phi) is 5.93. The smallest absolute Gasteiger partial charge is 0.128 e. The number of unbranched alkanes of at least 4 members (excludes halogenated alkanes) is 2. The van der Waals surface area contributed by atoms with Crippen molar-refractivity contribution in [1.82, 2.24) is 4.98 Å². The summed E-state index contributed by atoms with van der Waals surface area (Å²) in [6.07, 6.45) is 5.34.